The Morgan fingerprint density at radius 3 is 1.59 bits per heavy atom. The van der Waals surface area contributed by atoms with Gasteiger partial charge in [0.15, 0.2) is 0 Å². The molecule has 7 heteroatoms. The van der Waals surface area contributed by atoms with Gasteiger partial charge in [0.25, 0.3) is 0 Å². The van der Waals surface area contributed by atoms with Crippen LogP contribution in [0.1, 0.15) is 13.8 Å². The second kappa shape index (κ2) is 7.89. The lowest BCUT2D eigenvalue weighted by atomic mass is 10.2. The lowest BCUT2D eigenvalue weighted by molar-refractivity contribution is -0.143. The van der Waals surface area contributed by atoms with Crippen molar-refractivity contribution in [2.75, 3.05) is 59.5 Å². The summed E-state index contributed by atoms with van der Waals surface area (Å²) in [5.41, 5.74) is 0. The highest BCUT2D eigenvalue weighted by Gasteiger charge is 2.29. The Morgan fingerprint density at radius 2 is 1.27 bits per heavy atom. The van der Waals surface area contributed by atoms with Crippen molar-refractivity contribution in [1.82, 2.24) is 14.7 Å². The van der Waals surface area contributed by atoms with E-state index < -0.39 is 0 Å². The van der Waals surface area contributed by atoms with Crippen LogP contribution in [0.3, 0.4) is 0 Å². The largest absolute Gasteiger partial charge is 0.373 e. The van der Waals surface area contributed by atoms with Gasteiger partial charge in [-0.2, -0.15) is 0 Å². The maximum atomic E-state index is 11.0. The Hall–Kier alpha value is -1.18. The highest BCUT2D eigenvalue weighted by molar-refractivity contribution is 5.74. The first kappa shape index (κ1) is 17.2. The van der Waals surface area contributed by atoms with Crippen LogP contribution in [-0.4, -0.2) is 98.3 Å². The van der Waals surface area contributed by atoms with E-state index in [1.54, 1.807) is 23.6 Å². The van der Waals surface area contributed by atoms with Crippen LogP contribution in [-0.2, 0) is 19.1 Å². The van der Waals surface area contributed by atoms with E-state index in [1.807, 2.05) is 7.05 Å². The average molecular weight is 313 g/mol. The first-order valence-corrected chi connectivity index (χ1v) is 7.88. The van der Waals surface area contributed by atoms with Gasteiger partial charge in [0, 0.05) is 53.1 Å². The summed E-state index contributed by atoms with van der Waals surface area (Å²) >= 11 is 0. The fraction of sp³-hybridized carbons (Fsp3) is 0.867. The van der Waals surface area contributed by atoms with E-state index in [2.05, 4.69) is 4.90 Å². The molecule has 0 unspecified atom stereocenters. The highest BCUT2D eigenvalue weighted by atomic mass is 16.5. The number of carbonyl (C=O) groups is 2. The quantitative estimate of drug-likeness (QED) is 0.599. The number of hydrogen-bond acceptors (Lipinski definition) is 5. The molecule has 0 aromatic rings. The molecule has 2 aliphatic heterocycles. The van der Waals surface area contributed by atoms with Crippen molar-refractivity contribution < 1.29 is 19.1 Å². The van der Waals surface area contributed by atoms with E-state index in [-0.39, 0.29) is 24.0 Å². The summed E-state index contributed by atoms with van der Waals surface area (Å²) in [6.45, 7) is 9.10. The second-order valence-electron chi connectivity index (χ2n) is 6.14. The normalized spacial score (nSPS) is 19.3. The summed E-state index contributed by atoms with van der Waals surface area (Å²) in [7, 11) is 2.04. The zero-order chi connectivity index (χ0) is 16.1. The van der Waals surface area contributed by atoms with Gasteiger partial charge in [-0.3, -0.25) is 9.59 Å². The molecule has 2 fully saturated rings. The molecule has 0 radical (unpaired) electrons. The fourth-order valence-corrected chi connectivity index (χ4v) is 2.46. The van der Waals surface area contributed by atoms with E-state index in [4.69, 9.17) is 9.47 Å². The Labute approximate surface area is 132 Å². The van der Waals surface area contributed by atoms with Gasteiger partial charge in [-0.15, -0.1) is 0 Å². The van der Waals surface area contributed by atoms with Crippen molar-refractivity contribution in [2.45, 2.75) is 26.1 Å². The standard InChI is InChI=1S/C15H27N3O4/c1-12(19)17-8-14(9-17)21-6-4-16(3)5-7-22-15-10-18(11-15)13(2)20/h14-15H,4-11H2,1-3H3. The Balaban J connectivity index is 1.42. The molecule has 0 bridgehead atoms. The molecule has 2 rings (SSSR count). The molecule has 0 aromatic carbocycles. The van der Waals surface area contributed by atoms with Crippen LogP contribution in [0, 0.1) is 0 Å². The first-order chi connectivity index (χ1) is 10.5. The molecule has 7 nitrogen and oxygen atoms in total. The third-order valence-electron chi connectivity index (χ3n) is 4.24. The molecule has 0 aliphatic carbocycles. The summed E-state index contributed by atoms with van der Waals surface area (Å²) < 4.78 is 11.4. The zero-order valence-corrected chi connectivity index (χ0v) is 13.8. The number of ether oxygens (including phenoxy) is 2. The SMILES string of the molecule is CC(=O)N1CC(OCCN(C)CCOC2CN(C(C)=O)C2)C1. The number of carbonyl (C=O) groups excluding carboxylic acids is 2. The Morgan fingerprint density at radius 1 is 0.909 bits per heavy atom. The maximum absolute atomic E-state index is 11.0. The summed E-state index contributed by atoms with van der Waals surface area (Å²) in [5.74, 6) is 0.238. The van der Waals surface area contributed by atoms with Crippen LogP contribution >= 0.6 is 0 Å². The topological polar surface area (TPSA) is 62.3 Å². The molecular weight excluding hydrogens is 286 g/mol. The van der Waals surface area contributed by atoms with Gasteiger partial charge in [-0.05, 0) is 7.05 Å². The van der Waals surface area contributed by atoms with Gasteiger partial charge < -0.3 is 24.2 Å². The van der Waals surface area contributed by atoms with Gasteiger partial charge in [-0.25, -0.2) is 0 Å². The van der Waals surface area contributed by atoms with Crippen LogP contribution in [0.2, 0.25) is 0 Å². The lowest BCUT2D eigenvalue weighted by Gasteiger charge is -2.39. The van der Waals surface area contributed by atoms with Gasteiger partial charge in [0.05, 0.1) is 25.4 Å². The van der Waals surface area contributed by atoms with Crippen molar-refractivity contribution in [2.24, 2.45) is 0 Å². The Bertz CT molecular complexity index is 356. The molecular formula is C15H27N3O4. The van der Waals surface area contributed by atoms with Gasteiger partial charge in [0.2, 0.25) is 11.8 Å². The molecule has 2 heterocycles. The predicted molar refractivity (Wildman–Crippen MR) is 81.5 cm³/mol. The minimum Gasteiger partial charge on any atom is -0.373 e. The van der Waals surface area contributed by atoms with E-state index in [1.165, 1.54) is 0 Å². The predicted octanol–water partition coefficient (Wildman–Crippen LogP) is -0.587. The van der Waals surface area contributed by atoms with Crippen molar-refractivity contribution in [3.63, 3.8) is 0 Å². The van der Waals surface area contributed by atoms with Crippen molar-refractivity contribution in [3.05, 3.63) is 0 Å². The molecule has 0 spiro atoms. The second-order valence-corrected chi connectivity index (χ2v) is 6.14. The number of likely N-dealkylation sites (N-methyl/N-ethyl adjacent to an activating group) is 1. The van der Waals surface area contributed by atoms with Crippen molar-refractivity contribution in [3.8, 4) is 0 Å². The monoisotopic (exact) mass is 313 g/mol. The number of rotatable bonds is 8. The Kier molecular flexibility index (Phi) is 6.16. The van der Waals surface area contributed by atoms with Crippen LogP contribution in [0.15, 0.2) is 0 Å². The zero-order valence-electron chi connectivity index (χ0n) is 13.8. The van der Waals surface area contributed by atoms with E-state index in [0.717, 1.165) is 39.3 Å². The molecule has 0 saturated carbocycles. The lowest BCUT2D eigenvalue weighted by Crippen LogP contribution is -2.54. The molecule has 22 heavy (non-hydrogen) atoms. The van der Waals surface area contributed by atoms with Crippen molar-refractivity contribution in [1.29, 1.82) is 0 Å². The van der Waals surface area contributed by atoms with E-state index in [0.29, 0.717) is 13.2 Å². The molecule has 0 atom stereocenters. The summed E-state index contributed by atoms with van der Waals surface area (Å²) in [6, 6.07) is 0. The molecule has 2 amide bonds. The smallest absolute Gasteiger partial charge is 0.219 e. The number of hydrogen-bond donors (Lipinski definition) is 0. The van der Waals surface area contributed by atoms with Crippen molar-refractivity contribution >= 4 is 11.8 Å². The number of likely N-dealkylation sites (tertiary alicyclic amines) is 2. The average Bonchev–Trinajstić information content (AvgIpc) is 2.33. The number of nitrogens with zero attached hydrogens (tertiary/aromatic N) is 3. The number of amides is 2. The third kappa shape index (κ3) is 4.93. The maximum Gasteiger partial charge on any atom is 0.219 e. The van der Waals surface area contributed by atoms with Crippen LogP contribution < -0.4 is 0 Å². The minimum atomic E-state index is 0.119. The molecule has 0 aromatic heterocycles. The summed E-state index contributed by atoms with van der Waals surface area (Å²) in [4.78, 5) is 27.8. The molecule has 0 N–H and O–H groups in total. The van der Waals surface area contributed by atoms with E-state index >= 15 is 0 Å². The van der Waals surface area contributed by atoms with Crippen LogP contribution in [0.5, 0.6) is 0 Å². The molecule has 2 aliphatic rings. The first-order valence-electron chi connectivity index (χ1n) is 7.88. The summed E-state index contributed by atoms with van der Waals surface area (Å²) in [5, 5.41) is 0. The summed E-state index contributed by atoms with van der Waals surface area (Å²) in [6.07, 6.45) is 0.391. The van der Waals surface area contributed by atoms with Gasteiger partial charge in [0.1, 0.15) is 0 Å². The highest BCUT2D eigenvalue weighted by Crippen LogP contribution is 2.12. The van der Waals surface area contributed by atoms with E-state index in [9.17, 15) is 9.59 Å². The minimum absolute atomic E-state index is 0.119. The fourth-order valence-electron chi connectivity index (χ4n) is 2.46. The molecule has 2 saturated heterocycles. The molecule has 126 valence electrons. The van der Waals surface area contributed by atoms with Crippen LogP contribution in [0.25, 0.3) is 0 Å². The third-order valence-corrected chi connectivity index (χ3v) is 4.24. The van der Waals surface area contributed by atoms with Gasteiger partial charge in [-0.1, -0.05) is 0 Å². The van der Waals surface area contributed by atoms with Gasteiger partial charge >= 0.3 is 0 Å². The van der Waals surface area contributed by atoms with Crippen LogP contribution in [0.4, 0.5) is 0 Å².